The van der Waals surface area contributed by atoms with Crippen LogP contribution in [-0.4, -0.2) is 24.8 Å². The molecule has 2 N–H and O–H groups in total. The summed E-state index contributed by atoms with van der Waals surface area (Å²) < 4.78 is 25.7. The highest BCUT2D eigenvalue weighted by Gasteiger charge is 2.56. The normalized spacial score (nSPS) is 33.2. The first-order chi connectivity index (χ1) is 14.1. The second kappa shape index (κ2) is 6.92. The number of hydrogen-bond acceptors (Lipinski definition) is 4. The van der Waals surface area contributed by atoms with E-state index in [1.165, 1.54) is 5.57 Å². The van der Waals surface area contributed by atoms with Gasteiger partial charge in [-0.2, -0.15) is 18.4 Å². The number of hydrazone groups is 1. The van der Waals surface area contributed by atoms with Crippen molar-refractivity contribution in [3.05, 3.63) is 41.0 Å². The Morgan fingerprint density at radius 2 is 1.55 bits per heavy atom. The van der Waals surface area contributed by atoms with Gasteiger partial charge in [0, 0.05) is 5.57 Å². The predicted octanol–water partition coefficient (Wildman–Crippen LogP) is 5.10. The zero-order valence-corrected chi connectivity index (χ0v) is 20.5. The predicted molar refractivity (Wildman–Crippen MR) is 124 cm³/mol. The van der Waals surface area contributed by atoms with Gasteiger partial charge in [0.15, 0.2) is 0 Å². The Morgan fingerprint density at radius 1 is 0.903 bits per heavy atom. The van der Waals surface area contributed by atoms with Crippen LogP contribution >= 0.6 is 0 Å². The lowest BCUT2D eigenvalue weighted by atomic mass is 9.49. The lowest BCUT2D eigenvalue weighted by Gasteiger charge is -2.57. The molecule has 3 aliphatic carbocycles. The van der Waals surface area contributed by atoms with Gasteiger partial charge in [0.2, 0.25) is 0 Å². The van der Waals surface area contributed by atoms with Crippen molar-refractivity contribution >= 4 is 15.7 Å². The van der Waals surface area contributed by atoms with E-state index in [1.54, 1.807) is 24.3 Å². The average Bonchev–Trinajstić information content (AvgIpc) is 2.55. The molecule has 2 bridgehead atoms. The molecular weight excluding hydrogens is 408 g/mol. The van der Waals surface area contributed by atoms with E-state index in [0.717, 1.165) is 30.4 Å². The second-order valence-corrected chi connectivity index (χ2v) is 13.8. The van der Waals surface area contributed by atoms with Crippen molar-refractivity contribution in [1.29, 1.82) is 0 Å². The van der Waals surface area contributed by atoms with Crippen LogP contribution in [0.1, 0.15) is 78.7 Å². The van der Waals surface area contributed by atoms with Crippen molar-refractivity contribution in [3.8, 4) is 0 Å². The molecular formula is C25H36N2O3S. The second-order valence-electron chi connectivity index (χ2n) is 12.2. The maximum atomic E-state index is 12.9. The molecule has 1 saturated carbocycles. The molecule has 5 nitrogen and oxygen atoms in total. The van der Waals surface area contributed by atoms with E-state index >= 15 is 0 Å². The molecule has 4 rings (SSSR count). The van der Waals surface area contributed by atoms with E-state index in [2.05, 4.69) is 44.6 Å². The number of benzene rings is 1. The van der Waals surface area contributed by atoms with Crippen molar-refractivity contribution in [1.82, 2.24) is 4.83 Å². The number of sulfonamides is 1. The van der Waals surface area contributed by atoms with Crippen LogP contribution in [0.15, 0.2) is 45.4 Å². The van der Waals surface area contributed by atoms with Gasteiger partial charge in [0.1, 0.15) is 0 Å². The van der Waals surface area contributed by atoms with E-state index < -0.39 is 15.6 Å². The number of hydrogen-bond donors (Lipinski definition) is 2. The number of nitrogens with one attached hydrogen (secondary N) is 1. The first kappa shape index (κ1) is 22.5. The van der Waals surface area contributed by atoms with Gasteiger partial charge >= 0.3 is 0 Å². The third-order valence-electron chi connectivity index (χ3n) is 7.11. The Hall–Kier alpha value is -1.66. The topological polar surface area (TPSA) is 78.8 Å². The van der Waals surface area contributed by atoms with Crippen molar-refractivity contribution in [3.63, 3.8) is 0 Å². The van der Waals surface area contributed by atoms with Crippen LogP contribution in [0, 0.1) is 23.2 Å². The Balaban J connectivity index is 1.76. The van der Waals surface area contributed by atoms with E-state index in [1.807, 2.05) is 6.92 Å². The molecule has 0 heterocycles. The lowest BCUT2D eigenvalue weighted by molar-refractivity contribution is -0.0754. The van der Waals surface area contributed by atoms with Crippen LogP contribution in [0.5, 0.6) is 0 Å². The van der Waals surface area contributed by atoms with Crippen molar-refractivity contribution in [2.24, 2.45) is 21.3 Å². The number of aliphatic hydroxyl groups is 1. The smallest absolute Gasteiger partial charge is 0.276 e. The zero-order valence-electron chi connectivity index (χ0n) is 19.7. The van der Waals surface area contributed by atoms with Crippen LogP contribution in [-0.2, 0) is 10.0 Å². The van der Waals surface area contributed by atoms with Gasteiger partial charge < -0.3 is 5.11 Å². The summed E-state index contributed by atoms with van der Waals surface area (Å²) in [5.41, 5.74) is 2.98. The number of nitrogens with zero attached hydrogens (tertiary/aromatic N) is 1. The summed E-state index contributed by atoms with van der Waals surface area (Å²) in [6.07, 6.45) is 4.99. The Labute approximate surface area is 187 Å². The molecule has 6 heteroatoms. The minimum Gasteiger partial charge on any atom is -0.385 e. The van der Waals surface area contributed by atoms with Gasteiger partial charge in [0.05, 0.1) is 16.2 Å². The number of rotatable bonds is 3. The number of allylic oxidation sites excluding steroid dienone is 1. The van der Waals surface area contributed by atoms with Crippen molar-refractivity contribution in [2.45, 2.75) is 90.6 Å². The first-order valence-corrected chi connectivity index (χ1v) is 12.7. The minimum atomic E-state index is -3.77. The Morgan fingerprint density at radius 3 is 2.19 bits per heavy atom. The molecule has 0 radical (unpaired) electrons. The molecule has 1 aromatic carbocycles. The van der Waals surface area contributed by atoms with Gasteiger partial charge in [-0.05, 0) is 73.8 Å². The molecule has 2 unspecified atom stereocenters. The van der Waals surface area contributed by atoms with Gasteiger partial charge in [-0.3, -0.25) is 0 Å². The minimum absolute atomic E-state index is 0.0269. The van der Waals surface area contributed by atoms with Crippen LogP contribution in [0.25, 0.3) is 0 Å². The summed E-state index contributed by atoms with van der Waals surface area (Å²) in [6.45, 7) is 13.1. The summed E-state index contributed by atoms with van der Waals surface area (Å²) in [6, 6.07) is 6.74. The highest BCUT2D eigenvalue weighted by molar-refractivity contribution is 7.89. The molecule has 0 spiro atoms. The van der Waals surface area contributed by atoms with E-state index in [-0.39, 0.29) is 21.1 Å². The zero-order chi connectivity index (χ0) is 22.9. The highest BCUT2D eigenvalue weighted by Crippen LogP contribution is 2.61. The van der Waals surface area contributed by atoms with E-state index in [0.29, 0.717) is 25.0 Å². The summed E-state index contributed by atoms with van der Waals surface area (Å²) in [4.78, 5) is 2.67. The maximum absolute atomic E-state index is 12.9. The van der Waals surface area contributed by atoms with Crippen molar-refractivity contribution in [2.75, 3.05) is 0 Å². The quantitative estimate of drug-likeness (QED) is 0.637. The largest absolute Gasteiger partial charge is 0.385 e. The molecule has 0 amide bonds. The van der Waals surface area contributed by atoms with Gasteiger partial charge in [-0.25, -0.2) is 0 Å². The lowest BCUT2D eigenvalue weighted by Crippen LogP contribution is -2.54. The molecule has 2 atom stereocenters. The molecule has 1 aromatic rings. The van der Waals surface area contributed by atoms with Gasteiger partial charge in [-0.1, -0.05) is 57.9 Å². The molecule has 0 aliphatic heterocycles. The molecule has 170 valence electrons. The van der Waals surface area contributed by atoms with Crippen LogP contribution in [0.2, 0.25) is 0 Å². The molecule has 0 aromatic heterocycles. The summed E-state index contributed by atoms with van der Waals surface area (Å²) >= 11 is 0. The molecule has 3 aliphatic rings. The maximum Gasteiger partial charge on any atom is 0.276 e. The fraction of sp³-hybridized carbons (Fsp3) is 0.640. The molecule has 0 saturated heterocycles. The molecule has 1 fully saturated rings. The van der Waals surface area contributed by atoms with E-state index in [4.69, 9.17) is 0 Å². The fourth-order valence-electron chi connectivity index (χ4n) is 6.86. The van der Waals surface area contributed by atoms with Crippen LogP contribution in [0.4, 0.5) is 0 Å². The summed E-state index contributed by atoms with van der Waals surface area (Å²) in [5, 5.41) is 16.4. The standard InChI is InChI=1S/C25H36N2O3S/c1-17-7-9-19(10-8-17)31(29,30)27-26-20-13-22(2,3)11-18-12-24(6)14-23(4,5)15-25(28,16-24)21(18)20/h7-10,27-28H,11-16H2,1-6H3. The van der Waals surface area contributed by atoms with Gasteiger partial charge in [-0.15, -0.1) is 0 Å². The molecule has 31 heavy (non-hydrogen) atoms. The Bertz CT molecular complexity index is 1070. The Kier molecular flexibility index (Phi) is 5.03. The van der Waals surface area contributed by atoms with Crippen LogP contribution in [0.3, 0.4) is 0 Å². The highest BCUT2D eigenvalue weighted by atomic mass is 32.2. The van der Waals surface area contributed by atoms with E-state index in [9.17, 15) is 13.5 Å². The van der Waals surface area contributed by atoms with Crippen LogP contribution < -0.4 is 4.83 Å². The summed E-state index contributed by atoms with van der Waals surface area (Å²) in [5.74, 6) is 0. The monoisotopic (exact) mass is 444 g/mol. The average molecular weight is 445 g/mol. The number of aryl methyl sites for hydroxylation is 1. The third kappa shape index (κ3) is 4.34. The SMILES string of the molecule is Cc1ccc(S(=O)(=O)NN=C2CC(C)(C)CC3=C2C2(O)CC(C)(C)CC(C)(C3)C2)cc1. The first-order valence-electron chi connectivity index (χ1n) is 11.2. The fourth-order valence-corrected chi connectivity index (χ4v) is 7.69. The third-order valence-corrected chi connectivity index (χ3v) is 8.34. The van der Waals surface area contributed by atoms with Gasteiger partial charge in [0.25, 0.3) is 10.0 Å². The van der Waals surface area contributed by atoms with Crippen molar-refractivity contribution < 1.29 is 13.5 Å². The summed E-state index contributed by atoms with van der Waals surface area (Å²) in [7, 11) is -3.77. The number of fused-ring (bicyclic) bond motifs is 3.